The standard InChI is InChI=1S/C21H14F3NO/c1-25-19-11-14(21(22,23)24)9-10-16(19)18(12-26)20(25)17-8-4-6-13-5-2-3-7-15(13)17/h2-12H,1H3. The Labute approximate surface area is 147 Å². The van der Waals surface area contributed by atoms with Crippen LogP contribution >= 0.6 is 0 Å². The van der Waals surface area contributed by atoms with Gasteiger partial charge < -0.3 is 4.57 Å². The highest BCUT2D eigenvalue weighted by molar-refractivity contribution is 6.09. The number of alkyl halides is 3. The van der Waals surface area contributed by atoms with Crippen LogP contribution < -0.4 is 0 Å². The number of hydrogen-bond acceptors (Lipinski definition) is 1. The molecule has 0 atom stereocenters. The number of nitrogens with zero attached hydrogens (tertiary/aromatic N) is 1. The van der Waals surface area contributed by atoms with Crippen LogP contribution in [-0.2, 0) is 13.2 Å². The molecular formula is C21H14F3NO. The van der Waals surface area contributed by atoms with Crippen LogP contribution in [0.1, 0.15) is 15.9 Å². The van der Waals surface area contributed by atoms with Gasteiger partial charge in [0, 0.05) is 29.1 Å². The number of aldehydes is 1. The van der Waals surface area contributed by atoms with Crippen LogP contribution in [0.4, 0.5) is 13.2 Å². The number of fused-ring (bicyclic) bond motifs is 2. The highest BCUT2D eigenvalue weighted by Gasteiger charge is 2.31. The van der Waals surface area contributed by atoms with Gasteiger partial charge in [0.2, 0.25) is 0 Å². The lowest BCUT2D eigenvalue weighted by Gasteiger charge is -2.10. The average molecular weight is 353 g/mol. The number of aryl methyl sites for hydroxylation is 1. The van der Waals surface area contributed by atoms with Crippen molar-refractivity contribution in [2.24, 2.45) is 7.05 Å². The Hall–Kier alpha value is -3.08. The van der Waals surface area contributed by atoms with Gasteiger partial charge >= 0.3 is 6.18 Å². The molecule has 26 heavy (non-hydrogen) atoms. The second kappa shape index (κ2) is 5.73. The normalized spacial score (nSPS) is 12.0. The summed E-state index contributed by atoms with van der Waals surface area (Å²) in [5, 5.41) is 2.46. The molecule has 0 N–H and O–H groups in total. The molecule has 4 rings (SSSR count). The number of halogens is 3. The number of carbonyl (C=O) groups excluding carboxylic acids is 1. The van der Waals surface area contributed by atoms with Gasteiger partial charge in [0.1, 0.15) is 0 Å². The lowest BCUT2D eigenvalue weighted by molar-refractivity contribution is -0.137. The lowest BCUT2D eigenvalue weighted by atomic mass is 9.99. The van der Waals surface area contributed by atoms with E-state index >= 15 is 0 Å². The number of carbonyl (C=O) groups is 1. The Bertz CT molecular complexity index is 1150. The van der Waals surface area contributed by atoms with E-state index < -0.39 is 11.7 Å². The monoisotopic (exact) mass is 353 g/mol. The Morgan fingerprint density at radius 1 is 0.923 bits per heavy atom. The fourth-order valence-electron chi connectivity index (χ4n) is 3.52. The SMILES string of the molecule is Cn1c(-c2cccc3ccccc23)c(C=O)c2ccc(C(F)(F)F)cc21. The molecule has 2 nitrogen and oxygen atoms in total. The van der Waals surface area contributed by atoms with Gasteiger partial charge in [-0.05, 0) is 22.9 Å². The minimum atomic E-state index is -4.43. The largest absolute Gasteiger partial charge is 0.416 e. The van der Waals surface area contributed by atoms with E-state index in [-0.39, 0.29) is 0 Å². The summed E-state index contributed by atoms with van der Waals surface area (Å²) in [6, 6.07) is 16.9. The minimum absolute atomic E-state index is 0.379. The van der Waals surface area contributed by atoms with Crippen molar-refractivity contribution < 1.29 is 18.0 Å². The Morgan fingerprint density at radius 3 is 2.38 bits per heavy atom. The van der Waals surface area contributed by atoms with Crippen LogP contribution in [0.25, 0.3) is 32.9 Å². The predicted octanol–water partition coefficient (Wildman–Crippen LogP) is 5.83. The molecule has 0 aliphatic rings. The molecule has 0 saturated heterocycles. The van der Waals surface area contributed by atoms with Crippen molar-refractivity contribution in [3.8, 4) is 11.3 Å². The predicted molar refractivity (Wildman–Crippen MR) is 96.3 cm³/mol. The molecule has 0 fully saturated rings. The van der Waals surface area contributed by atoms with Crippen LogP contribution in [-0.4, -0.2) is 10.9 Å². The molecule has 0 unspecified atom stereocenters. The summed E-state index contributed by atoms with van der Waals surface area (Å²) in [4.78, 5) is 11.8. The first-order chi connectivity index (χ1) is 12.4. The van der Waals surface area contributed by atoms with Gasteiger partial charge in [-0.15, -0.1) is 0 Å². The van der Waals surface area contributed by atoms with Crippen molar-refractivity contribution in [2.75, 3.05) is 0 Å². The first kappa shape index (κ1) is 16.4. The van der Waals surface area contributed by atoms with Crippen molar-refractivity contribution in [2.45, 2.75) is 6.18 Å². The molecule has 0 amide bonds. The number of rotatable bonds is 2. The second-order valence-electron chi connectivity index (χ2n) is 6.20. The van der Waals surface area contributed by atoms with E-state index in [1.54, 1.807) is 11.6 Å². The highest BCUT2D eigenvalue weighted by atomic mass is 19.4. The van der Waals surface area contributed by atoms with Gasteiger partial charge in [-0.25, -0.2) is 0 Å². The van der Waals surface area contributed by atoms with Crippen molar-refractivity contribution in [1.29, 1.82) is 0 Å². The first-order valence-corrected chi connectivity index (χ1v) is 8.05. The number of benzene rings is 3. The Balaban J connectivity index is 2.09. The van der Waals surface area contributed by atoms with Crippen LogP contribution in [0.15, 0.2) is 60.7 Å². The average Bonchev–Trinajstić information content (AvgIpc) is 2.92. The Kier molecular flexibility index (Phi) is 3.61. The fourth-order valence-corrected chi connectivity index (χ4v) is 3.52. The van der Waals surface area contributed by atoms with Gasteiger partial charge in [-0.2, -0.15) is 13.2 Å². The van der Waals surface area contributed by atoms with Crippen molar-refractivity contribution in [3.05, 3.63) is 71.8 Å². The number of aromatic nitrogens is 1. The molecule has 0 bridgehead atoms. The minimum Gasteiger partial charge on any atom is -0.343 e. The zero-order valence-electron chi connectivity index (χ0n) is 13.8. The van der Waals surface area contributed by atoms with E-state index in [1.807, 2.05) is 42.5 Å². The third-order valence-corrected chi connectivity index (χ3v) is 4.73. The Morgan fingerprint density at radius 2 is 1.65 bits per heavy atom. The van der Waals surface area contributed by atoms with Crippen molar-refractivity contribution in [3.63, 3.8) is 0 Å². The summed E-state index contributed by atoms with van der Waals surface area (Å²) < 4.78 is 40.9. The van der Waals surface area contributed by atoms with E-state index in [2.05, 4.69) is 0 Å². The molecule has 1 aromatic heterocycles. The van der Waals surface area contributed by atoms with E-state index in [9.17, 15) is 18.0 Å². The third-order valence-electron chi connectivity index (χ3n) is 4.73. The smallest absolute Gasteiger partial charge is 0.343 e. The quantitative estimate of drug-likeness (QED) is 0.416. The summed E-state index contributed by atoms with van der Waals surface area (Å²) in [5.41, 5.74) is 1.48. The van der Waals surface area contributed by atoms with Crippen LogP contribution in [0.5, 0.6) is 0 Å². The van der Waals surface area contributed by atoms with Gasteiger partial charge in [-0.1, -0.05) is 48.5 Å². The van der Waals surface area contributed by atoms with Gasteiger partial charge in [0.25, 0.3) is 0 Å². The van der Waals surface area contributed by atoms with E-state index in [4.69, 9.17) is 0 Å². The maximum Gasteiger partial charge on any atom is 0.416 e. The fraction of sp³-hybridized carbons (Fsp3) is 0.0952. The molecule has 0 saturated carbocycles. The van der Waals surface area contributed by atoms with E-state index in [0.29, 0.717) is 28.4 Å². The van der Waals surface area contributed by atoms with E-state index in [0.717, 1.165) is 28.5 Å². The number of hydrogen-bond donors (Lipinski definition) is 0. The summed E-state index contributed by atoms with van der Waals surface area (Å²) in [6.07, 6.45) is -3.72. The van der Waals surface area contributed by atoms with Crippen molar-refractivity contribution in [1.82, 2.24) is 4.57 Å². The zero-order valence-corrected chi connectivity index (χ0v) is 13.8. The first-order valence-electron chi connectivity index (χ1n) is 8.05. The molecule has 0 radical (unpaired) electrons. The van der Waals surface area contributed by atoms with Gasteiger partial charge in [0.15, 0.2) is 6.29 Å². The topological polar surface area (TPSA) is 22.0 Å². The maximum absolute atomic E-state index is 13.1. The molecule has 0 spiro atoms. The molecule has 0 aliphatic carbocycles. The highest BCUT2D eigenvalue weighted by Crippen LogP contribution is 2.38. The summed E-state index contributed by atoms with van der Waals surface area (Å²) >= 11 is 0. The van der Waals surface area contributed by atoms with Crippen LogP contribution in [0, 0.1) is 0 Å². The molecule has 0 aliphatic heterocycles. The van der Waals surface area contributed by atoms with Crippen molar-refractivity contribution >= 4 is 28.0 Å². The molecule has 3 aromatic carbocycles. The summed E-state index contributed by atoms with van der Waals surface area (Å²) in [6.45, 7) is 0. The van der Waals surface area contributed by atoms with Gasteiger partial charge in [0.05, 0.1) is 11.3 Å². The second-order valence-corrected chi connectivity index (χ2v) is 6.20. The molecule has 1 heterocycles. The summed E-state index contributed by atoms with van der Waals surface area (Å²) in [5.74, 6) is 0. The maximum atomic E-state index is 13.1. The molecule has 5 heteroatoms. The van der Waals surface area contributed by atoms with Crippen LogP contribution in [0.3, 0.4) is 0 Å². The molecule has 4 aromatic rings. The van der Waals surface area contributed by atoms with E-state index in [1.165, 1.54) is 6.07 Å². The lowest BCUT2D eigenvalue weighted by Crippen LogP contribution is -2.04. The third kappa shape index (κ3) is 2.39. The zero-order chi connectivity index (χ0) is 18.5. The summed E-state index contributed by atoms with van der Waals surface area (Å²) in [7, 11) is 1.69. The van der Waals surface area contributed by atoms with Gasteiger partial charge in [-0.3, -0.25) is 4.79 Å². The molecular weight excluding hydrogens is 339 g/mol. The molecule has 130 valence electrons. The van der Waals surface area contributed by atoms with Crippen LogP contribution in [0.2, 0.25) is 0 Å².